The highest BCUT2D eigenvalue weighted by Gasteiger charge is 2.31. The Morgan fingerprint density at radius 2 is 2.06 bits per heavy atom. The molecule has 3 heteroatoms. The molecule has 1 atom stereocenters. The second-order valence-electron chi connectivity index (χ2n) is 5.91. The number of rotatable bonds is 3. The smallest absolute Gasteiger partial charge is 0.251 e. The minimum atomic E-state index is 0.0267. The van der Waals surface area contributed by atoms with E-state index in [4.69, 9.17) is 11.6 Å². The Bertz CT molecular complexity index is 425. The molecule has 1 aliphatic carbocycles. The Kier molecular flexibility index (Phi) is 3.96. The van der Waals surface area contributed by atoms with Crippen LogP contribution in [0.2, 0.25) is 0 Å². The van der Waals surface area contributed by atoms with Gasteiger partial charge in [0.15, 0.2) is 0 Å². The maximum Gasteiger partial charge on any atom is 0.251 e. The van der Waals surface area contributed by atoms with E-state index >= 15 is 0 Å². The van der Waals surface area contributed by atoms with Crippen molar-refractivity contribution in [3.8, 4) is 0 Å². The van der Waals surface area contributed by atoms with E-state index in [0.29, 0.717) is 22.9 Å². The van der Waals surface area contributed by atoms with Gasteiger partial charge < -0.3 is 5.32 Å². The highest BCUT2D eigenvalue weighted by molar-refractivity contribution is 6.17. The van der Waals surface area contributed by atoms with Crippen LogP contribution in [-0.4, -0.2) is 11.9 Å². The van der Waals surface area contributed by atoms with Gasteiger partial charge in [-0.3, -0.25) is 4.79 Å². The minimum Gasteiger partial charge on any atom is -0.349 e. The van der Waals surface area contributed by atoms with Crippen LogP contribution in [0.25, 0.3) is 0 Å². The van der Waals surface area contributed by atoms with Crippen molar-refractivity contribution in [2.75, 3.05) is 0 Å². The van der Waals surface area contributed by atoms with Gasteiger partial charge in [-0.2, -0.15) is 0 Å². The predicted octanol–water partition coefficient (Wildman–Crippen LogP) is 3.73. The van der Waals surface area contributed by atoms with E-state index in [1.807, 2.05) is 24.3 Å². The zero-order chi connectivity index (χ0) is 13.2. The van der Waals surface area contributed by atoms with E-state index in [2.05, 4.69) is 19.2 Å². The molecule has 1 aliphatic rings. The number of hydrogen-bond acceptors (Lipinski definition) is 1. The summed E-state index contributed by atoms with van der Waals surface area (Å²) < 4.78 is 0. The second-order valence-corrected chi connectivity index (χ2v) is 6.18. The lowest BCUT2D eigenvalue weighted by molar-refractivity contribution is 0.0936. The van der Waals surface area contributed by atoms with Crippen molar-refractivity contribution in [3.63, 3.8) is 0 Å². The van der Waals surface area contributed by atoms with Crippen molar-refractivity contribution in [1.82, 2.24) is 5.32 Å². The fraction of sp³-hybridized carbons (Fsp3) is 0.533. The summed E-state index contributed by atoms with van der Waals surface area (Å²) in [6, 6.07) is 7.81. The first kappa shape index (κ1) is 13.4. The van der Waals surface area contributed by atoms with Gasteiger partial charge in [0.1, 0.15) is 0 Å². The summed E-state index contributed by atoms with van der Waals surface area (Å²) in [6.07, 6.45) is 3.33. The summed E-state index contributed by atoms with van der Waals surface area (Å²) in [6.45, 7) is 4.52. The molecule has 1 aromatic carbocycles. The lowest BCUT2D eigenvalue weighted by Gasteiger charge is -2.17. The van der Waals surface area contributed by atoms with E-state index in [1.54, 1.807) is 0 Å². The van der Waals surface area contributed by atoms with Gasteiger partial charge >= 0.3 is 0 Å². The van der Waals surface area contributed by atoms with Crippen molar-refractivity contribution in [1.29, 1.82) is 0 Å². The van der Waals surface area contributed by atoms with Gasteiger partial charge in [-0.05, 0) is 42.4 Å². The van der Waals surface area contributed by atoms with Crippen molar-refractivity contribution >= 4 is 17.5 Å². The summed E-state index contributed by atoms with van der Waals surface area (Å²) in [7, 11) is 0. The van der Waals surface area contributed by atoms with E-state index in [9.17, 15) is 4.79 Å². The van der Waals surface area contributed by atoms with Crippen molar-refractivity contribution in [2.45, 2.75) is 45.0 Å². The van der Waals surface area contributed by atoms with Gasteiger partial charge in [0.05, 0.1) is 0 Å². The van der Waals surface area contributed by atoms with Crippen LogP contribution in [0.5, 0.6) is 0 Å². The summed E-state index contributed by atoms with van der Waals surface area (Å²) in [5, 5.41) is 3.12. The van der Waals surface area contributed by atoms with Gasteiger partial charge in [0.25, 0.3) is 5.91 Å². The van der Waals surface area contributed by atoms with Crippen molar-refractivity contribution < 1.29 is 4.79 Å². The number of nitrogens with one attached hydrogen (secondary N) is 1. The molecule has 2 rings (SSSR count). The fourth-order valence-electron chi connectivity index (χ4n) is 2.57. The largest absolute Gasteiger partial charge is 0.349 e. The molecular formula is C15H20ClNO. The van der Waals surface area contributed by atoms with Gasteiger partial charge in [0, 0.05) is 17.5 Å². The molecular weight excluding hydrogens is 246 g/mol. The van der Waals surface area contributed by atoms with E-state index in [-0.39, 0.29) is 5.91 Å². The number of halogens is 1. The predicted molar refractivity (Wildman–Crippen MR) is 74.9 cm³/mol. The van der Waals surface area contributed by atoms with Gasteiger partial charge in [-0.25, -0.2) is 0 Å². The lowest BCUT2D eigenvalue weighted by atomic mass is 9.92. The van der Waals surface area contributed by atoms with Crippen LogP contribution < -0.4 is 5.32 Å². The molecule has 0 saturated heterocycles. The van der Waals surface area contributed by atoms with E-state index < -0.39 is 0 Å². The number of carbonyl (C=O) groups is 1. The molecule has 1 fully saturated rings. The average Bonchev–Trinajstić information content (AvgIpc) is 2.68. The number of amides is 1. The molecule has 0 radical (unpaired) electrons. The number of alkyl halides is 1. The molecule has 0 bridgehead atoms. The average molecular weight is 266 g/mol. The third-order valence-corrected chi connectivity index (χ3v) is 3.98. The molecule has 98 valence electrons. The summed E-state index contributed by atoms with van der Waals surface area (Å²) in [5.74, 6) is 0.512. The number of carbonyl (C=O) groups excluding carboxylic acids is 1. The number of benzene rings is 1. The van der Waals surface area contributed by atoms with Gasteiger partial charge in [-0.15, -0.1) is 11.6 Å². The number of hydrogen-bond donors (Lipinski definition) is 1. The van der Waals surface area contributed by atoms with E-state index in [0.717, 1.165) is 18.4 Å². The van der Waals surface area contributed by atoms with Crippen LogP contribution in [-0.2, 0) is 5.88 Å². The molecule has 1 N–H and O–H groups in total. The van der Waals surface area contributed by atoms with Crippen LogP contribution in [0.4, 0.5) is 0 Å². The maximum absolute atomic E-state index is 12.1. The molecule has 18 heavy (non-hydrogen) atoms. The van der Waals surface area contributed by atoms with E-state index in [1.165, 1.54) is 6.42 Å². The van der Waals surface area contributed by atoms with Gasteiger partial charge in [-0.1, -0.05) is 26.0 Å². The Morgan fingerprint density at radius 1 is 1.39 bits per heavy atom. The van der Waals surface area contributed by atoms with Crippen LogP contribution in [0, 0.1) is 5.41 Å². The maximum atomic E-state index is 12.1. The molecule has 1 unspecified atom stereocenters. The molecule has 1 saturated carbocycles. The monoisotopic (exact) mass is 265 g/mol. The molecule has 0 aliphatic heterocycles. The van der Waals surface area contributed by atoms with Gasteiger partial charge in [0.2, 0.25) is 0 Å². The summed E-state index contributed by atoms with van der Waals surface area (Å²) in [4.78, 5) is 12.1. The van der Waals surface area contributed by atoms with Crippen LogP contribution in [0.15, 0.2) is 24.3 Å². The Balaban J connectivity index is 1.95. The topological polar surface area (TPSA) is 29.1 Å². The fourth-order valence-corrected chi connectivity index (χ4v) is 2.75. The minimum absolute atomic E-state index is 0.0267. The normalized spacial score (nSPS) is 21.8. The third kappa shape index (κ3) is 3.26. The SMILES string of the molecule is CC1(C)CCC(NC(=O)c2ccc(CCl)cc2)C1. The summed E-state index contributed by atoms with van der Waals surface area (Å²) >= 11 is 5.73. The van der Waals surface area contributed by atoms with Crippen molar-refractivity contribution in [3.05, 3.63) is 35.4 Å². The molecule has 1 aromatic rings. The Labute approximate surface area is 114 Å². The lowest BCUT2D eigenvalue weighted by Crippen LogP contribution is -2.33. The third-order valence-electron chi connectivity index (χ3n) is 3.67. The van der Waals surface area contributed by atoms with Crippen LogP contribution >= 0.6 is 11.6 Å². The molecule has 2 nitrogen and oxygen atoms in total. The first-order valence-electron chi connectivity index (χ1n) is 6.46. The molecule has 0 heterocycles. The zero-order valence-corrected chi connectivity index (χ0v) is 11.8. The quantitative estimate of drug-likeness (QED) is 0.829. The van der Waals surface area contributed by atoms with Crippen LogP contribution in [0.1, 0.15) is 49.0 Å². The highest BCUT2D eigenvalue weighted by atomic mass is 35.5. The molecule has 0 aromatic heterocycles. The van der Waals surface area contributed by atoms with Crippen molar-refractivity contribution in [2.24, 2.45) is 5.41 Å². The highest BCUT2D eigenvalue weighted by Crippen LogP contribution is 2.36. The standard InChI is InChI=1S/C15H20ClNO/c1-15(2)8-7-13(9-15)17-14(18)12-5-3-11(10-16)4-6-12/h3-6,13H,7-10H2,1-2H3,(H,17,18). The molecule has 0 spiro atoms. The Morgan fingerprint density at radius 3 is 2.56 bits per heavy atom. The first-order chi connectivity index (χ1) is 8.50. The summed E-state index contributed by atoms with van der Waals surface area (Å²) in [5.41, 5.74) is 2.12. The zero-order valence-electron chi connectivity index (χ0n) is 11.0. The first-order valence-corrected chi connectivity index (χ1v) is 6.99. The second kappa shape index (κ2) is 5.31. The van der Waals surface area contributed by atoms with Crippen LogP contribution in [0.3, 0.4) is 0 Å². The Hall–Kier alpha value is -1.02. The molecule has 1 amide bonds.